The van der Waals surface area contributed by atoms with Crippen LogP contribution >= 0.6 is 0 Å². The minimum Gasteiger partial charge on any atom is -0.289 e. The molecule has 4 nitrogen and oxygen atoms in total. The summed E-state index contributed by atoms with van der Waals surface area (Å²) in [5.41, 5.74) is -37.1. The third kappa shape index (κ3) is 3.16. The third-order valence-corrected chi connectivity index (χ3v) is 7.50. The molecule has 4 saturated carbocycles. The summed E-state index contributed by atoms with van der Waals surface area (Å²) >= 11 is 0. The molecular formula is C16F28O4. The predicted octanol–water partition coefficient (Wildman–Crippen LogP) is 8.21. The lowest BCUT2D eigenvalue weighted by Crippen LogP contribution is -3.11. The Balaban J connectivity index is 2.75. The van der Waals surface area contributed by atoms with Crippen LogP contribution in [0.25, 0.3) is 0 Å². The van der Waals surface area contributed by atoms with Gasteiger partial charge in [-0.05, 0) is 9.05 Å². The normalized spacial score (nSPS) is 38.8. The summed E-state index contributed by atoms with van der Waals surface area (Å²) in [5, 5.41) is 0. The summed E-state index contributed by atoms with van der Waals surface area (Å²) in [6, 6.07) is 0. The SMILES string of the molecule is FOC(F)(C(F)(F)F)C(F)(F)OC12C(F)(F)C3(F)C(F)(F)C(F)(C1(F)F)C(F)(F)C(OC(F)(F)C(F)(OF)C(F)(F)F)(C3(F)F)C2(F)F. The summed E-state index contributed by atoms with van der Waals surface area (Å²) in [6.07, 6.45) is -34.1. The van der Waals surface area contributed by atoms with Gasteiger partial charge in [0.15, 0.2) is 0 Å². The van der Waals surface area contributed by atoms with E-state index in [4.69, 9.17) is 0 Å². The van der Waals surface area contributed by atoms with Crippen LogP contribution in [0.15, 0.2) is 0 Å². The Bertz CT molecular complexity index is 1200. The van der Waals surface area contributed by atoms with Crippen molar-refractivity contribution in [1.82, 2.24) is 0 Å². The average molecular weight is 788 g/mol. The molecule has 48 heavy (non-hydrogen) atoms. The van der Waals surface area contributed by atoms with Crippen LogP contribution in [0.4, 0.5) is 123 Å². The zero-order chi connectivity index (χ0) is 38.8. The molecule has 32 heteroatoms. The van der Waals surface area contributed by atoms with Crippen LogP contribution in [-0.2, 0) is 19.4 Å². The van der Waals surface area contributed by atoms with Gasteiger partial charge in [0.2, 0.25) is 0 Å². The lowest BCUT2D eigenvalue weighted by atomic mass is 9.39. The van der Waals surface area contributed by atoms with Gasteiger partial charge in [-0.15, -0.1) is 9.88 Å². The minimum atomic E-state index is -9.60. The molecule has 0 amide bonds. The molecule has 4 aliphatic rings. The lowest BCUT2D eigenvalue weighted by Gasteiger charge is -2.76. The molecule has 0 aromatic carbocycles. The molecule has 0 N–H and O–H groups in total. The number of halogens is 28. The van der Waals surface area contributed by atoms with E-state index in [1.165, 1.54) is 9.47 Å². The highest BCUT2D eigenvalue weighted by atomic mass is 19.4. The number of hydrogen-bond donors (Lipinski definition) is 0. The number of rotatable bonds is 8. The van der Waals surface area contributed by atoms with Crippen molar-refractivity contribution in [2.45, 2.75) is 94.4 Å². The summed E-state index contributed by atoms with van der Waals surface area (Å²) in [6.45, 7) is 0. The molecule has 0 aliphatic heterocycles. The average Bonchev–Trinajstić information content (AvgIpc) is 2.87. The quantitative estimate of drug-likeness (QED) is 0.233. The topological polar surface area (TPSA) is 36.9 Å². The van der Waals surface area contributed by atoms with Crippen molar-refractivity contribution in [2.24, 2.45) is 0 Å². The van der Waals surface area contributed by atoms with Gasteiger partial charge in [-0.3, -0.25) is 9.47 Å². The molecule has 4 fully saturated rings. The maximum absolute atomic E-state index is 15.5. The molecule has 2 unspecified atom stereocenters. The van der Waals surface area contributed by atoms with Gasteiger partial charge >= 0.3 is 83.2 Å². The third-order valence-electron chi connectivity index (χ3n) is 7.50. The summed E-state index contributed by atoms with van der Waals surface area (Å²) in [7, 11) is 0. The fourth-order valence-electron chi connectivity index (χ4n) is 5.23. The molecule has 4 bridgehead atoms. The second-order valence-electron chi connectivity index (χ2n) is 9.70. The monoisotopic (exact) mass is 788 g/mol. The molecule has 4 rings (SSSR count). The Morgan fingerprint density at radius 3 is 0.688 bits per heavy atom. The van der Waals surface area contributed by atoms with E-state index in [1.54, 1.807) is 0 Å². The largest absolute Gasteiger partial charge is 0.461 e. The van der Waals surface area contributed by atoms with Crippen LogP contribution in [0.5, 0.6) is 0 Å². The minimum absolute atomic E-state index is 0.844. The fourth-order valence-corrected chi connectivity index (χ4v) is 5.23. The number of hydrogen-bond acceptors (Lipinski definition) is 4. The van der Waals surface area contributed by atoms with Crippen LogP contribution in [0, 0.1) is 0 Å². The van der Waals surface area contributed by atoms with Gasteiger partial charge in [0, 0.05) is 0 Å². The van der Waals surface area contributed by atoms with Crippen LogP contribution in [0.2, 0.25) is 0 Å². The molecule has 0 radical (unpaired) electrons. The van der Waals surface area contributed by atoms with Crippen molar-refractivity contribution >= 4 is 0 Å². The second-order valence-corrected chi connectivity index (χ2v) is 9.70. The van der Waals surface area contributed by atoms with Gasteiger partial charge in [-0.1, -0.05) is 0 Å². The molecule has 4 aliphatic carbocycles. The highest BCUT2D eigenvalue weighted by molar-refractivity contribution is 5.55. The first-order valence-electron chi connectivity index (χ1n) is 10.4. The Kier molecular flexibility index (Phi) is 7.57. The molecule has 0 aromatic heterocycles. The lowest BCUT2D eigenvalue weighted by molar-refractivity contribution is -0.663. The van der Waals surface area contributed by atoms with Gasteiger partial charge in [0.05, 0.1) is 0 Å². The van der Waals surface area contributed by atoms with Crippen LogP contribution < -0.4 is 0 Å². The first-order chi connectivity index (χ1) is 20.5. The molecule has 0 heterocycles. The van der Waals surface area contributed by atoms with Crippen molar-refractivity contribution in [3.63, 3.8) is 0 Å². The Labute approximate surface area is 238 Å². The summed E-state index contributed by atoms with van der Waals surface area (Å²) in [4.78, 5) is 1.69. The predicted molar refractivity (Wildman–Crippen MR) is 79.1 cm³/mol. The smallest absolute Gasteiger partial charge is 0.289 e. The van der Waals surface area contributed by atoms with Crippen molar-refractivity contribution in [1.29, 1.82) is 0 Å². The van der Waals surface area contributed by atoms with E-state index in [0.717, 1.165) is 9.88 Å². The molecule has 0 saturated heterocycles. The van der Waals surface area contributed by atoms with E-state index in [2.05, 4.69) is 0 Å². The highest BCUT2D eigenvalue weighted by Gasteiger charge is 3.24. The molecule has 0 spiro atoms. The number of alkyl halides is 26. The summed E-state index contributed by atoms with van der Waals surface area (Å²) < 4.78 is 400. The zero-order valence-electron chi connectivity index (χ0n) is 20.2. The molecular weight excluding hydrogens is 788 g/mol. The molecule has 0 aromatic rings. The first kappa shape index (κ1) is 40.3. The molecule has 2 atom stereocenters. The fraction of sp³-hybridized carbons (Fsp3) is 1.00. The van der Waals surface area contributed by atoms with E-state index in [0.29, 0.717) is 0 Å². The van der Waals surface area contributed by atoms with Gasteiger partial charge in [0.1, 0.15) is 0 Å². The van der Waals surface area contributed by atoms with E-state index in [-0.39, 0.29) is 0 Å². The van der Waals surface area contributed by atoms with Crippen molar-refractivity contribution in [3.05, 3.63) is 0 Å². The zero-order valence-corrected chi connectivity index (χ0v) is 20.2. The highest BCUT2D eigenvalue weighted by Crippen LogP contribution is 2.89. The Morgan fingerprint density at radius 2 is 0.521 bits per heavy atom. The van der Waals surface area contributed by atoms with Crippen molar-refractivity contribution in [3.8, 4) is 0 Å². The Hall–Kier alpha value is -2.12. The van der Waals surface area contributed by atoms with Crippen LogP contribution in [0.1, 0.15) is 0 Å². The van der Waals surface area contributed by atoms with Crippen LogP contribution in [-0.4, -0.2) is 94.4 Å². The van der Waals surface area contributed by atoms with Gasteiger partial charge in [-0.2, -0.15) is 105 Å². The molecule has 284 valence electrons. The maximum Gasteiger partial charge on any atom is 0.461 e. The standard InChI is InChI=1S/C16F28O4/c17-1-5(19,20)2(18)8(25,26)3(6(1,21)22,45-15(39,40)11(31,47-43)13(33,34)35)10(29,30)4(7(1,23)24,9(2,27)28)46-16(41,42)12(32,48-44)14(36,37)38. The van der Waals surface area contributed by atoms with Gasteiger partial charge in [0.25, 0.3) is 11.2 Å². The maximum atomic E-state index is 15.5. The number of ether oxygens (including phenoxy) is 2. The van der Waals surface area contributed by atoms with Gasteiger partial charge < -0.3 is 0 Å². The first-order valence-corrected chi connectivity index (χ1v) is 10.4. The van der Waals surface area contributed by atoms with Crippen molar-refractivity contribution in [2.75, 3.05) is 0 Å². The summed E-state index contributed by atoms with van der Waals surface area (Å²) in [5.74, 6) is -72.6. The second kappa shape index (κ2) is 9.02. The van der Waals surface area contributed by atoms with Crippen LogP contribution in [0.3, 0.4) is 0 Å². The van der Waals surface area contributed by atoms with Gasteiger partial charge in [-0.25, -0.2) is 8.78 Å². The van der Waals surface area contributed by atoms with Crippen molar-refractivity contribution < 1.29 is 143 Å². The van der Waals surface area contributed by atoms with E-state index >= 15 is 52.7 Å². The van der Waals surface area contributed by atoms with E-state index in [9.17, 15) is 70.5 Å². The Morgan fingerprint density at radius 1 is 0.312 bits per heavy atom. The van der Waals surface area contributed by atoms with E-state index < -0.39 is 94.4 Å². The van der Waals surface area contributed by atoms with E-state index in [1.807, 2.05) is 0 Å².